The maximum absolute atomic E-state index is 0. The molecule has 4 nitrogen and oxygen atoms in total. The van der Waals surface area contributed by atoms with Crippen molar-refractivity contribution >= 4 is 0 Å². The molecule has 0 aliphatic carbocycles. The molecule has 0 spiro atoms. The van der Waals surface area contributed by atoms with Crippen LogP contribution in [-0.2, 0) is 79.9 Å². The van der Waals surface area contributed by atoms with Gasteiger partial charge in [0.15, 0.2) is 0 Å². The first kappa shape index (κ1) is 181. The van der Waals surface area contributed by atoms with E-state index in [0.29, 0.717) is 0 Å². The summed E-state index contributed by atoms with van der Waals surface area (Å²) in [6.07, 6.45) is 0. The molecule has 7 heavy (non-hydrogen) atoms. The van der Waals surface area contributed by atoms with E-state index in [1.807, 2.05) is 0 Å². The molecule has 0 aromatic rings. The van der Waals surface area contributed by atoms with Crippen LogP contribution in [0.1, 0.15) is 0 Å². The van der Waals surface area contributed by atoms with Crippen LogP contribution in [0.2, 0.25) is 0 Å². The zero-order chi connectivity index (χ0) is 0. The van der Waals surface area contributed by atoms with Crippen molar-refractivity contribution < 1.29 is 79.9 Å². The van der Waals surface area contributed by atoms with Gasteiger partial charge in [-0.15, -0.1) is 0 Å². The van der Waals surface area contributed by atoms with Crippen LogP contribution in [0.4, 0.5) is 0 Å². The van der Waals surface area contributed by atoms with Gasteiger partial charge in [-0.05, 0) is 0 Å². The number of hydrogen-bond donors (Lipinski definition) is 0. The molecule has 47 valence electrons. The van der Waals surface area contributed by atoms with E-state index in [4.69, 9.17) is 0 Å². The molecule has 0 saturated heterocycles. The van der Waals surface area contributed by atoms with Crippen LogP contribution in [0, 0.1) is 0 Å². The van der Waals surface area contributed by atoms with Gasteiger partial charge in [-0.25, -0.2) is 0 Å². The topological polar surface area (TPSA) is 114 Å². The molecule has 0 atom stereocenters. The van der Waals surface area contributed by atoms with Crippen LogP contribution in [0.25, 0.3) is 0 Å². The van der Waals surface area contributed by atoms with Crippen molar-refractivity contribution in [3.05, 3.63) is 0 Å². The summed E-state index contributed by atoms with van der Waals surface area (Å²) in [4.78, 5) is 0. The molecule has 0 aliphatic heterocycles. The molecule has 0 amide bonds. The summed E-state index contributed by atoms with van der Waals surface area (Å²) in [5, 5.41) is 0. The van der Waals surface area contributed by atoms with Crippen LogP contribution in [0.15, 0.2) is 0 Å². The van der Waals surface area contributed by atoms with Crippen molar-refractivity contribution in [3.63, 3.8) is 0 Å². The largest absolute Gasteiger partial charge is 5.00 e. The van der Waals surface area contributed by atoms with E-state index in [2.05, 4.69) is 0 Å². The van der Waals surface area contributed by atoms with Crippen molar-refractivity contribution in [1.29, 1.82) is 0 Å². The molecule has 0 unspecified atom stereocenters. The number of hydrogen-bond acceptors (Lipinski definition) is 0. The average molecular weight is 278 g/mol. The van der Waals surface area contributed by atoms with E-state index in [9.17, 15) is 0 Å². The van der Waals surface area contributed by atoms with E-state index in [1.54, 1.807) is 0 Å². The molecule has 0 heterocycles. The van der Waals surface area contributed by atoms with E-state index in [-0.39, 0.29) is 79.9 Å². The van der Waals surface area contributed by atoms with Gasteiger partial charge in [-0.3, -0.25) is 0 Å². The van der Waals surface area contributed by atoms with Gasteiger partial charge in [0.05, 0.1) is 0 Å². The first-order valence-corrected chi connectivity index (χ1v) is 0. The van der Waals surface area contributed by atoms with Crippen molar-refractivity contribution in [1.82, 2.24) is 0 Å². The van der Waals surface area contributed by atoms with Crippen LogP contribution in [0.5, 0.6) is 0 Å². The molecule has 0 rings (SSSR count). The predicted octanol–water partition coefficient (Wildman–Crippen LogP) is -0.483. The van der Waals surface area contributed by atoms with E-state index < -0.39 is 0 Å². The van der Waals surface area contributed by atoms with Gasteiger partial charge in [-0.2, -0.15) is 0 Å². The average Bonchev–Trinajstić information content (AvgIpc) is 0. The fourth-order valence-electron chi connectivity index (χ4n) is 0. The van der Waals surface area contributed by atoms with Gasteiger partial charge in [0.2, 0.25) is 0 Å². The quantitative estimate of drug-likeness (QED) is 0.532. The molecule has 0 aromatic heterocycles. The Labute approximate surface area is 79.5 Å². The molecule has 0 aromatic carbocycles. The predicted molar refractivity (Wildman–Crippen MR) is 2.75 cm³/mol. The van der Waals surface area contributed by atoms with Crippen molar-refractivity contribution in [2.75, 3.05) is 0 Å². The Kier molecular flexibility index (Phi) is 3130. The summed E-state index contributed by atoms with van der Waals surface area (Å²) >= 11 is 0. The van der Waals surface area contributed by atoms with Gasteiger partial charge < -0.3 is 21.9 Å². The molecule has 0 saturated carbocycles. The summed E-state index contributed by atoms with van der Waals surface area (Å²) in [5.74, 6) is 0. The Hall–Kier alpha value is 1.68. The molecule has 0 aliphatic rings. The monoisotopic (exact) mass is 277 g/mol. The summed E-state index contributed by atoms with van der Waals surface area (Å²) in [6, 6.07) is 0. The van der Waals surface area contributed by atoms with Gasteiger partial charge >= 0.3 is 58.0 Å². The fourth-order valence-corrected chi connectivity index (χ4v) is 0. The SMILES string of the molecule is [Ag+].[Mn+2].[O-2].[O-2].[O-2].[O-2].[V+5]. The maximum Gasteiger partial charge on any atom is 5.00 e. The molecule has 1 radical (unpaired) electrons. The summed E-state index contributed by atoms with van der Waals surface area (Å²) in [6.45, 7) is 0. The van der Waals surface area contributed by atoms with E-state index >= 15 is 0 Å². The summed E-state index contributed by atoms with van der Waals surface area (Å²) in [7, 11) is 0. The molecule has 0 N–H and O–H groups in total. The van der Waals surface area contributed by atoms with Crippen molar-refractivity contribution in [3.8, 4) is 0 Å². The van der Waals surface area contributed by atoms with Crippen LogP contribution in [-0.4, -0.2) is 0 Å². The zero-order valence-corrected chi connectivity index (χ0v) is 6.82. The first-order chi connectivity index (χ1) is 0. The third kappa shape index (κ3) is 87.5. The second-order valence-corrected chi connectivity index (χ2v) is 0. The maximum atomic E-state index is 0. The minimum Gasteiger partial charge on any atom is -2.00 e. The molecule has 0 bridgehead atoms. The number of rotatable bonds is 0. The second kappa shape index (κ2) is 121. The Balaban J connectivity index is 0. The summed E-state index contributed by atoms with van der Waals surface area (Å²) in [5.41, 5.74) is 0. The first-order valence-electron chi connectivity index (χ1n) is 0. The van der Waals surface area contributed by atoms with Crippen molar-refractivity contribution in [2.45, 2.75) is 0 Å². The van der Waals surface area contributed by atoms with Gasteiger partial charge in [0.25, 0.3) is 0 Å². The minimum absolute atomic E-state index is 0. The third-order valence-electron chi connectivity index (χ3n) is 0. The summed E-state index contributed by atoms with van der Waals surface area (Å²) < 4.78 is 0. The third-order valence-corrected chi connectivity index (χ3v) is 0. The smallest absolute Gasteiger partial charge is 2.00 e. The molecular weight excluding hydrogens is 278 g/mol. The standard InChI is InChI=1S/Ag.Mn.4O.V/q+1;+2;4*-2;+5. The van der Waals surface area contributed by atoms with Gasteiger partial charge in [0.1, 0.15) is 0 Å². The Morgan fingerprint density at radius 2 is 0.571 bits per heavy atom. The van der Waals surface area contributed by atoms with Gasteiger partial charge in [0, 0.05) is 0 Å². The fraction of sp³-hybridized carbons (Fsp3) is 0. The second-order valence-electron chi connectivity index (χ2n) is 0. The Bertz CT molecular complexity index is 11.7. The minimum atomic E-state index is 0. The Morgan fingerprint density at radius 3 is 0.571 bits per heavy atom. The zero-order valence-electron chi connectivity index (χ0n) is 2.76. The van der Waals surface area contributed by atoms with E-state index in [1.165, 1.54) is 0 Å². The molecule has 7 heteroatoms. The van der Waals surface area contributed by atoms with Crippen LogP contribution in [0.3, 0.4) is 0 Å². The van der Waals surface area contributed by atoms with E-state index in [0.717, 1.165) is 0 Å². The molecular formula is AgMnO4V. The normalized spacial score (nSPS) is 0. The van der Waals surface area contributed by atoms with Crippen LogP contribution >= 0.6 is 0 Å². The molecule has 0 fully saturated rings. The Morgan fingerprint density at radius 1 is 0.571 bits per heavy atom. The van der Waals surface area contributed by atoms with Gasteiger partial charge in [-0.1, -0.05) is 0 Å². The van der Waals surface area contributed by atoms with Crippen LogP contribution < -0.4 is 0 Å². The van der Waals surface area contributed by atoms with Crippen molar-refractivity contribution in [2.24, 2.45) is 0 Å².